The Bertz CT molecular complexity index is 352. The first-order valence-corrected chi connectivity index (χ1v) is 6.96. The van der Waals surface area contributed by atoms with Crippen molar-refractivity contribution in [3.8, 4) is 0 Å². The zero-order valence-electron chi connectivity index (χ0n) is 12.5. The predicted octanol–water partition coefficient (Wildman–Crippen LogP) is 2.63. The number of ether oxygens (including phenoxy) is 1. The summed E-state index contributed by atoms with van der Waals surface area (Å²) in [6.45, 7) is 8.87. The lowest BCUT2D eigenvalue weighted by Crippen LogP contribution is -2.31. The molecule has 0 unspecified atom stereocenters. The van der Waals surface area contributed by atoms with Gasteiger partial charge in [0.2, 0.25) is 0 Å². The summed E-state index contributed by atoms with van der Waals surface area (Å²) < 4.78 is 5.15. The summed E-state index contributed by atoms with van der Waals surface area (Å²) >= 11 is 0. The van der Waals surface area contributed by atoms with Crippen molar-refractivity contribution in [1.82, 2.24) is 4.98 Å². The van der Waals surface area contributed by atoms with Crippen molar-refractivity contribution >= 4 is 5.69 Å². The Kier molecular flexibility index (Phi) is 6.81. The monoisotopic (exact) mass is 266 g/mol. The highest BCUT2D eigenvalue weighted by Crippen LogP contribution is 2.19. The van der Waals surface area contributed by atoms with E-state index in [9.17, 15) is 5.11 Å². The normalized spacial score (nSPS) is 12.7. The fraction of sp³-hybridized carbons (Fsp3) is 0.667. The Labute approximate surface area is 116 Å². The molecule has 0 saturated heterocycles. The van der Waals surface area contributed by atoms with Gasteiger partial charge in [-0.1, -0.05) is 20.8 Å². The number of pyridine rings is 1. The zero-order chi connectivity index (χ0) is 14.3. The number of nitrogens with zero attached hydrogens (tertiary/aromatic N) is 2. The molecule has 0 bridgehead atoms. The summed E-state index contributed by atoms with van der Waals surface area (Å²) in [4.78, 5) is 6.62. The second-order valence-electron chi connectivity index (χ2n) is 5.20. The molecular formula is C15H26N2O2. The smallest absolute Gasteiger partial charge is 0.0957 e. The van der Waals surface area contributed by atoms with Crippen LogP contribution in [0.2, 0.25) is 0 Å². The average Bonchev–Trinajstić information content (AvgIpc) is 2.42. The van der Waals surface area contributed by atoms with Crippen LogP contribution in [0, 0.1) is 5.92 Å². The molecule has 1 heterocycles. The highest BCUT2D eigenvalue weighted by molar-refractivity contribution is 5.44. The number of hydrogen-bond donors (Lipinski definition) is 1. The Morgan fingerprint density at radius 1 is 1.37 bits per heavy atom. The van der Waals surface area contributed by atoms with E-state index in [-0.39, 0.29) is 0 Å². The van der Waals surface area contributed by atoms with Crippen LogP contribution in [0.15, 0.2) is 18.3 Å². The summed E-state index contributed by atoms with van der Waals surface area (Å²) in [5.74, 6) is 0.581. The van der Waals surface area contributed by atoms with Crippen molar-refractivity contribution in [2.75, 3.05) is 31.7 Å². The minimum atomic E-state index is -0.466. The Balaban J connectivity index is 2.77. The van der Waals surface area contributed by atoms with Crippen molar-refractivity contribution in [3.63, 3.8) is 0 Å². The quantitative estimate of drug-likeness (QED) is 0.785. The molecule has 1 aromatic rings. The first-order valence-electron chi connectivity index (χ1n) is 6.96. The van der Waals surface area contributed by atoms with Gasteiger partial charge in [-0.15, -0.1) is 0 Å². The van der Waals surface area contributed by atoms with Gasteiger partial charge in [0.15, 0.2) is 0 Å². The van der Waals surface area contributed by atoms with Crippen LogP contribution >= 0.6 is 0 Å². The van der Waals surface area contributed by atoms with Crippen molar-refractivity contribution in [2.45, 2.75) is 33.3 Å². The van der Waals surface area contributed by atoms with Gasteiger partial charge >= 0.3 is 0 Å². The summed E-state index contributed by atoms with van der Waals surface area (Å²) in [5.41, 5.74) is 1.82. The molecule has 0 radical (unpaired) electrons. The molecule has 1 atom stereocenters. The van der Waals surface area contributed by atoms with Gasteiger partial charge in [-0.25, -0.2) is 0 Å². The van der Waals surface area contributed by atoms with E-state index in [1.54, 1.807) is 7.11 Å². The summed E-state index contributed by atoms with van der Waals surface area (Å²) in [7, 11) is 1.71. The second kappa shape index (κ2) is 8.12. The van der Waals surface area contributed by atoms with Crippen LogP contribution in [0.3, 0.4) is 0 Å². The number of aromatic nitrogens is 1. The summed E-state index contributed by atoms with van der Waals surface area (Å²) in [5, 5.41) is 9.75. The summed E-state index contributed by atoms with van der Waals surface area (Å²) in [6.07, 6.45) is 2.06. The Hall–Kier alpha value is -1.13. The molecule has 4 heteroatoms. The molecule has 0 aliphatic rings. The van der Waals surface area contributed by atoms with E-state index in [0.29, 0.717) is 18.9 Å². The SMILES string of the molecule is CC[C@@H](O)c1ccc(N(CCOC)CC(C)C)cn1. The minimum absolute atomic E-state index is 0.466. The molecule has 108 valence electrons. The highest BCUT2D eigenvalue weighted by atomic mass is 16.5. The maximum absolute atomic E-state index is 9.75. The molecule has 0 aromatic carbocycles. The van der Waals surface area contributed by atoms with Crippen LogP contribution in [-0.2, 0) is 4.74 Å². The van der Waals surface area contributed by atoms with E-state index in [0.717, 1.165) is 24.5 Å². The maximum Gasteiger partial charge on any atom is 0.0957 e. The molecule has 4 nitrogen and oxygen atoms in total. The van der Waals surface area contributed by atoms with Gasteiger partial charge in [-0.3, -0.25) is 4.98 Å². The average molecular weight is 266 g/mol. The van der Waals surface area contributed by atoms with Gasteiger partial charge in [0.05, 0.1) is 30.3 Å². The van der Waals surface area contributed by atoms with Gasteiger partial charge in [0.25, 0.3) is 0 Å². The largest absolute Gasteiger partial charge is 0.387 e. The zero-order valence-corrected chi connectivity index (χ0v) is 12.5. The minimum Gasteiger partial charge on any atom is -0.387 e. The van der Waals surface area contributed by atoms with Crippen molar-refractivity contribution in [1.29, 1.82) is 0 Å². The third kappa shape index (κ3) is 5.17. The van der Waals surface area contributed by atoms with E-state index >= 15 is 0 Å². The van der Waals surface area contributed by atoms with Crippen LogP contribution in [0.1, 0.15) is 39.0 Å². The van der Waals surface area contributed by atoms with Crippen LogP contribution in [0.5, 0.6) is 0 Å². The molecule has 19 heavy (non-hydrogen) atoms. The fourth-order valence-electron chi connectivity index (χ4n) is 1.96. The highest BCUT2D eigenvalue weighted by Gasteiger charge is 2.11. The van der Waals surface area contributed by atoms with Gasteiger partial charge in [0.1, 0.15) is 0 Å². The first kappa shape index (κ1) is 15.9. The maximum atomic E-state index is 9.75. The molecule has 1 N–H and O–H groups in total. The number of rotatable bonds is 8. The molecule has 0 aliphatic heterocycles. The lowest BCUT2D eigenvalue weighted by Gasteiger charge is -2.26. The number of anilines is 1. The number of hydrogen-bond acceptors (Lipinski definition) is 4. The third-order valence-electron chi connectivity index (χ3n) is 3.01. The molecule has 0 spiro atoms. The first-order chi connectivity index (χ1) is 9.08. The van der Waals surface area contributed by atoms with E-state index in [4.69, 9.17) is 4.74 Å². The number of methoxy groups -OCH3 is 1. The molecular weight excluding hydrogens is 240 g/mol. The van der Waals surface area contributed by atoms with Crippen LogP contribution in [0.4, 0.5) is 5.69 Å². The molecule has 1 aromatic heterocycles. The van der Waals surface area contributed by atoms with Crippen molar-refractivity contribution < 1.29 is 9.84 Å². The molecule has 0 saturated carbocycles. The molecule has 1 rings (SSSR count). The third-order valence-corrected chi connectivity index (χ3v) is 3.01. The van der Waals surface area contributed by atoms with E-state index < -0.39 is 6.10 Å². The van der Waals surface area contributed by atoms with E-state index in [1.807, 2.05) is 25.3 Å². The summed E-state index contributed by atoms with van der Waals surface area (Å²) in [6, 6.07) is 3.93. The fourth-order valence-corrected chi connectivity index (χ4v) is 1.96. The lowest BCUT2D eigenvalue weighted by atomic mass is 10.1. The van der Waals surface area contributed by atoms with E-state index in [1.165, 1.54) is 0 Å². The van der Waals surface area contributed by atoms with Gasteiger partial charge < -0.3 is 14.7 Å². The predicted molar refractivity (Wildman–Crippen MR) is 78.4 cm³/mol. The topological polar surface area (TPSA) is 45.6 Å². The van der Waals surface area contributed by atoms with Crippen molar-refractivity contribution in [3.05, 3.63) is 24.0 Å². The van der Waals surface area contributed by atoms with Gasteiger partial charge in [-0.05, 0) is 24.5 Å². The number of aliphatic hydroxyl groups is 1. The molecule has 0 aliphatic carbocycles. The standard InChI is InChI=1S/C15H26N2O2/c1-5-15(18)14-7-6-13(10-16-14)17(8-9-19-4)11-12(2)3/h6-7,10,12,15,18H,5,8-9,11H2,1-4H3/t15-/m1/s1. The van der Waals surface area contributed by atoms with E-state index in [2.05, 4.69) is 23.7 Å². The van der Waals surface area contributed by atoms with Gasteiger partial charge in [-0.2, -0.15) is 0 Å². The Morgan fingerprint density at radius 2 is 2.11 bits per heavy atom. The number of aliphatic hydroxyl groups excluding tert-OH is 1. The molecule has 0 fully saturated rings. The second-order valence-corrected chi connectivity index (χ2v) is 5.20. The Morgan fingerprint density at radius 3 is 2.58 bits per heavy atom. The van der Waals surface area contributed by atoms with Crippen LogP contribution in [-0.4, -0.2) is 36.9 Å². The molecule has 0 amide bonds. The van der Waals surface area contributed by atoms with Crippen LogP contribution in [0.25, 0.3) is 0 Å². The van der Waals surface area contributed by atoms with Crippen LogP contribution < -0.4 is 4.90 Å². The van der Waals surface area contributed by atoms with Crippen molar-refractivity contribution in [2.24, 2.45) is 5.92 Å². The lowest BCUT2D eigenvalue weighted by molar-refractivity contribution is 0.169. The van der Waals surface area contributed by atoms with Gasteiger partial charge in [0, 0.05) is 20.2 Å².